The van der Waals surface area contributed by atoms with Crippen molar-refractivity contribution in [1.82, 2.24) is 20.1 Å². The highest BCUT2D eigenvalue weighted by molar-refractivity contribution is 5.98. The molecule has 1 N–H and O–H groups in total. The number of nitrogens with one attached hydrogen (secondary N) is 1. The van der Waals surface area contributed by atoms with E-state index in [-0.39, 0.29) is 11.8 Å². The first-order valence-electron chi connectivity index (χ1n) is 11.3. The fourth-order valence-electron chi connectivity index (χ4n) is 5.72. The molecule has 6 rings (SSSR count). The molecule has 1 aromatic carbocycles. The number of carbonyl (C=O) groups excluding carboxylic acids is 1. The molecule has 3 atom stereocenters. The topological polar surface area (TPSA) is 66.3 Å². The van der Waals surface area contributed by atoms with Crippen molar-refractivity contribution in [2.75, 3.05) is 36.0 Å². The van der Waals surface area contributed by atoms with Crippen molar-refractivity contribution < 1.29 is 4.79 Å². The van der Waals surface area contributed by atoms with E-state index in [0.29, 0.717) is 11.8 Å². The van der Waals surface area contributed by atoms with Crippen LogP contribution in [0.5, 0.6) is 0 Å². The van der Waals surface area contributed by atoms with Crippen molar-refractivity contribution in [3.05, 3.63) is 47.8 Å². The Labute approximate surface area is 182 Å². The van der Waals surface area contributed by atoms with Gasteiger partial charge in [0.1, 0.15) is 0 Å². The van der Waals surface area contributed by atoms with Gasteiger partial charge in [-0.2, -0.15) is 5.10 Å². The maximum Gasteiger partial charge on any atom is 0.231 e. The summed E-state index contributed by atoms with van der Waals surface area (Å²) >= 11 is 0. The molecule has 3 aliphatic heterocycles. The summed E-state index contributed by atoms with van der Waals surface area (Å²) in [7, 11) is 1.93. The molecular weight excluding hydrogens is 388 g/mol. The van der Waals surface area contributed by atoms with Crippen LogP contribution in [0, 0.1) is 11.8 Å². The summed E-state index contributed by atoms with van der Waals surface area (Å²) in [6.45, 7) is 6.79. The number of aromatic nitrogens is 3. The average Bonchev–Trinajstić information content (AvgIpc) is 3.34. The van der Waals surface area contributed by atoms with Crippen molar-refractivity contribution in [3.63, 3.8) is 0 Å². The third kappa shape index (κ3) is 2.94. The van der Waals surface area contributed by atoms with Gasteiger partial charge >= 0.3 is 0 Å². The number of amides is 1. The van der Waals surface area contributed by atoms with E-state index in [1.807, 2.05) is 29.0 Å². The highest BCUT2D eigenvalue weighted by Crippen LogP contribution is 2.38. The molecule has 5 heterocycles. The number of rotatable bonds is 2. The lowest BCUT2D eigenvalue weighted by Gasteiger charge is -2.35. The third-order valence-corrected chi connectivity index (χ3v) is 7.41. The van der Waals surface area contributed by atoms with Crippen LogP contribution in [0.1, 0.15) is 30.4 Å². The normalized spacial score (nSPS) is 25.7. The molecular formula is C24H28N6O. The van der Waals surface area contributed by atoms with Crippen LogP contribution in [-0.4, -0.2) is 46.9 Å². The van der Waals surface area contributed by atoms with Gasteiger partial charge in [-0.1, -0.05) is 13.0 Å². The van der Waals surface area contributed by atoms with Crippen molar-refractivity contribution in [2.24, 2.45) is 18.9 Å². The lowest BCUT2D eigenvalue weighted by atomic mass is 9.89. The average molecular weight is 417 g/mol. The minimum absolute atomic E-state index is 0.145. The van der Waals surface area contributed by atoms with E-state index in [9.17, 15) is 4.79 Å². The molecule has 0 bridgehead atoms. The molecule has 7 nitrogen and oxygen atoms in total. The smallest absolute Gasteiger partial charge is 0.231 e. The van der Waals surface area contributed by atoms with Crippen LogP contribution < -0.4 is 15.1 Å². The second-order valence-electron chi connectivity index (χ2n) is 9.31. The highest BCUT2D eigenvalue weighted by atomic mass is 16.2. The van der Waals surface area contributed by atoms with Crippen LogP contribution in [0.25, 0.3) is 11.0 Å². The zero-order valence-electron chi connectivity index (χ0n) is 18.1. The van der Waals surface area contributed by atoms with Gasteiger partial charge in [-0.3, -0.25) is 9.48 Å². The van der Waals surface area contributed by atoms with Crippen LogP contribution in [0.15, 0.2) is 36.7 Å². The van der Waals surface area contributed by atoms with Crippen LogP contribution in [0.4, 0.5) is 11.4 Å². The molecule has 7 heteroatoms. The molecule has 0 radical (unpaired) electrons. The monoisotopic (exact) mass is 416 g/mol. The number of aryl methyl sites for hydroxylation is 1. The molecule has 31 heavy (non-hydrogen) atoms. The van der Waals surface area contributed by atoms with Crippen molar-refractivity contribution >= 4 is 28.3 Å². The van der Waals surface area contributed by atoms with Gasteiger partial charge in [-0.15, -0.1) is 0 Å². The molecule has 0 spiro atoms. The molecule has 2 fully saturated rings. The van der Waals surface area contributed by atoms with Gasteiger partial charge in [0.15, 0.2) is 5.65 Å². The molecule has 3 aromatic rings. The summed E-state index contributed by atoms with van der Waals surface area (Å²) in [5.41, 5.74) is 5.87. The standard InChI is InChI=1S/C24H28N6O/c1-15-12-29(22-6-8-26-23-21(22)11-27-28(23)2)13-16-3-4-18(9-19(15)16)30-14-17-5-7-25-10-20(17)24(30)31/h3-4,6,8-9,11,15,17,20,25H,5,7,10,12-14H2,1-2H3/t15-,17?,20?/m0/s1. The zero-order valence-corrected chi connectivity index (χ0v) is 18.1. The van der Waals surface area contributed by atoms with E-state index in [1.165, 1.54) is 16.8 Å². The lowest BCUT2D eigenvalue weighted by Crippen LogP contribution is -2.38. The number of pyridine rings is 1. The van der Waals surface area contributed by atoms with Crippen molar-refractivity contribution in [1.29, 1.82) is 0 Å². The van der Waals surface area contributed by atoms with Gasteiger partial charge in [0.2, 0.25) is 5.91 Å². The molecule has 2 unspecified atom stereocenters. The lowest BCUT2D eigenvalue weighted by molar-refractivity contribution is -0.121. The largest absolute Gasteiger partial charge is 0.366 e. The summed E-state index contributed by atoms with van der Waals surface area (Å²) in [6.07, 6.45) is 4.88. The maximum atomic E-state index is 13.0. The number of benzene rings is 1. The van der Waals surface area contributed by atoms with Gasteiger partial charge in [0.05, 0.1) is 23.2 Å². The first kappa shape index (κ1) is 18.8. The predicted molar refractivity (Wildman–Crippen MR) is 121 cm³/mol. The maximum absolute atomic E-state index is 13.0. The number of carbonyl (C=O) groups is 1. The second kappa shape index (κ2) is 7.05. The number of anilines is 2. The Morgan fingerprint density at radius 1 is 1.19 bits per heavy atom. The molecule has 3 aliphatic rings. The van der Waals surface area contributed by atoms with Crippen molar-refractivity contribution in [3.8, 4) is 0 Å². The predicted octanol–water partition coefficient (Wildman–Crippen LogP) is 2.66. The Bertz CT molecular complexity index is 1170. The minimum Gasteiger partial charge on any atom is -0.366 e. The number of nitrogens with zero attached hydrogens (tertiary/aromatic N) is 5. The van der Waals surface area contributed by atoms with Crippen LogP contribution in [-0.2, 0) is 18.4 Å². The van der Waals surface area contributed by atoms with Crippen LogP contribution in [0.2, 0.25) is 0 Å². The first-order valence-corrected chi connectivity index (χ1v) is 11.3. The van der Waals surface area contributed by atoms with E-state index >= 15 is 0 Å². The summed E-state index contributed by atoms with van der Waals surface area (Å²) in [5, 5.41) is 8.87. The quantitative estimate of drug-likeness (QED) is 0.696. The van der Waals surface area contributed by atoms with E-state index in [0.717, 1.165) is 55.9 Å². The van der Waals surface area contributed by atoms with E-state index in [2.05, 4.69) is 51.5 Å². The molecule has 2 aromatic heterocycles. The van der Waals surface area contributed by atoms with Gasteiger partial charge in [0, 0.05) is 45.1 Å². The summed E-state index contributed by atoms with van der Waals surface area (Å²) in [6, 6.07) is 8.73. The number of hydrogen-bond acceptors (Lipinski definition) is 5. The van der Waals surface area contributed by atoms with E-state index in [1.54, 1.807) is 0 Å². The Morgan fingerprint density at radius 2 is 2.10 bits per heavy atom. The molecule has 2 saturated heterocycles. The van der Waals surface area contributed by atoms with Gasteiger partial charge in [-0.05, 0) is 54.1 Å². The zero-order chi connectivity index (χ0) is 21.1. The molecule has 0 saturated carbocycles. The van der Waals surface area contributed by atoms with Gasteiger partial charge < -0.3 is 15.1 Å². The number of piperidine rings is 1. The number of fused-ring (bicyclic) bond motifs is 3. The number of hydrogen-bond donors (Lipinski definition) is 1. The Hall–Kier alpha value is -2.93. The summed E-state index contributed by atoms with van der Waals surface area (Å²) < 4.78 is 1.83. The minimum atomic E-state index is 0.145. The fraction of sp³-hybridized carbons (Fsp3) is 0.458. The second-order valence-corrected chi connectivity index (χ2v) is 9.31. The Kier molecular flexibility index (Phi) is 4.28. The SMILES string of the molecule is C[C@H]1CN(c2ccnc3c2cnn3C)Cc2ccc(N3CC4CCNCC4C3=O)cc21. The summed E-state index contributed by atoms with van der Waals surface area (Å²) in [5.74, 6) is 1.31. The van der Waals surface area contributed by atoms with Gasteiger partial charge in [0.25, 0.3) is 0 Å². The Balaban J connectivity index is 1.30. The Morgan fingerprint density at radius 3 is 2.97 bits per heavy atom. The van der Waals surface area contributed by atoms with E-state index in [4.69, 9.17) is 0 Å². The van der Waals surface area contributed by atoms with Crippen molar-refractivity contribution in [2.45, 2.75) is 25.8 Å². The van der Waals surface area contributed by atoms with Gasteiger partial charge in [-0.25, -0.2) is 4.98 Å². The first-order chi connectivity index (χ1) is 15.1. The summed E-state index contributed by atoms with van der Waals surface area (Å²) in [4.78, 5) is 22.0. The van der Waals surface area contributed by atoms with Crippen LogP contribution in [0.3, 0.4) is 0 Å². The fourth-order valence-corrected chi connectivity index (χ4v) is 5.72. The highest BCUT2D eigenvalue weighted by Gasteiger charge is 2.42. The third-order valence-electron chi connectivity index (χ3n) is 7.41. The molecule has 1 amide bonds. The molecule has 160 valence electrons. The van der Waals surface area contributed by atoms with E-state index < -0.39 is 0 Å². The molecule has 0 aliphatic carbocycles. The van der Waals surface area contributed by atoms with Crippen LogP contribution >= 0.6 is 0 Å².